The molecule has 2 amide bonds. The molecule has 0 aliphatic heterocycles. The van der Waals surface area contributed by atoms with Crippen LogP contribution in [0.25, 0.3) is 0 Å². The monoisotopic (exact) mass is 546 g/mol. The molecule has 0 radical (unpaired) electrons. The van der Waals surface area contributed by atoms with Crippen molar-refractivity contribution in [2.24, 2.45) is 0 Å². The largest absolute Gasteiger partial charge is 0.456 e. The fourth-order valence-electron chi connectivity index (χ4n) is 3.64. The molecular formula is C29H27ClN4O5. The maximum atomic E-state index is 13.7. The number of nitrogens with one attached hydrogen (secondary N) is 2. The molecule has 0 heterocycles. The van der Waals surface area contributed by atoms with Gasteiger partial charge in [0.05, 0.1) is 22.5 Å². The van der Waals surface area contributed by atoms with Crippen LogP contribution in [0.1, 0.15) is 42.3 Å². The Labute approximate surface area is 231 Å². The first-order valence-corrected chi connectivity index (χ1v) is 12.3. The van der Waals surface area contributed by atoms with Crippen LogP contribution in [0.2, 0.25) is 5.02 Å². The van der Waals surface area contributed by atoms with Gasteiger partial charge >= 0.3 is 11.9 Å². The second-order valence-corrected chi connectivity index (χ2v) is 9.92. The van der Waals surface area contributed by atoms with Crippen molar-refractivity contribution in [1.82, 2.24) is 5.01 Å². The van der Waals surface area contributed by atoms with Crippen LogP contribution in [0.3, 0.4) is 0 Å². The number of hydrogen-bond acceptors (Lipinski definition) is 7. The fraction of sp³-hybridized carbons (Fsp3) is 0.207. The molecule has 0 bridgehead atoms. The van der Waals surface area contributed by atoms with Gasteiger partial charge in [-0.15, -0.1) is 0 Å². The number of carbonyl (C=O) groups is 4. The van der Waals surface area contributed by atoms with Crippen LogP contribution >= 0.6 is 11.6 Å². The Bertz CT molecular complexity index is 1410. The summed E-state index contributed by atoms with van der Waals surface area (Å²) in [5.41, 5.74) is 3.20. The summed E-state index contributed by atoms with van der Waals surface area (Å²) < 4.78 is 5.46. The minimum Gasteiger partial charge on any atom is -0.456 e. The molecule has 1 atom stereocenters. The standard InChI is InChI=1S/C29H27ClN4O5/c1-29(2,3)39-28(38)22-11-7-8-12-23(22)32-27(37)25(15-19-9-5-4-6-10-19)34(26(36)18-35)33-24-16-21(30)14-13-20(24)17-31/h4-14,16,18,25,33H,15H2,1-3H3,(H,32,37). The summed E-state index contributed by atoms with van der Waals surface area (Å²) in [4.78, 5) is 51.1. The van der Waals surface area contributed by atoms with E-state index in [9.17, 15) is 24.4 Å². The van der Waals surface area contributed by atoms with Gasteiger partial charge < -0.3 is 10.1 Å². The van der Waals surface area contributed by atoms with Crippen LogP contribution in [0, 0.1) is 11.3 Å². The second kappa shape index (κ2) is 12.7. The number of rotatable bonds is 9. The van der Waals surface area contributed by atoms with Gasteiger partial charge in [0.1, 0.15) is 17.7 Å². The van der Waals surface area contributed by atoms with E-state index < -0.39 is 29.4 Å². The first kappa shape index (κ1) is 28.9. The maximum Gasteiger partial charge on any atom is 0.340 e. The van der Waals surface area contributed by atoms with E-state index in [-0.39, 0.29) is 40.2 Å². The summed E-state index contributed by atoms with van der Waals surface area (Å²) in [5.74, 6) is -2.40. The van der Waals surface area contributed by atoms with Gasteiger partial charge in [-0.1, -0.05) is 54.1 Å². The van der Waals surface area contributed by atoms with Crippen LogP contribution in [-0.2, 0) is 25.5 Å². The lowest BCUT2D eigenvalue weighted by Gasteiger charge is -2.31. The number of carbonyl (C=O) groups excluding carboxylic acids is 4. The number of anilines is 2. The van der Waals surface area contributed by atoms with Gasteiger partial charge in [0.25, 0.3) is 0 Å². The summed E-state index contributed by atoms with van der Waals surface area (Å²) >= 11 is 6.10. The minimum atomic E-state index is -1.29. The van der Waals surface area contributed by atoms with Crippen molar-refractivity contribution in [3.05, 3.63) is 94.5 Å². The summed E-state index contributed by atoms with van der Waals surface area (Å²) in [5, 5.41) is 13.3. The van der Waals surface area contributed by atoms with Gasteiger partial charge in [-0.3, -0.25) is 19.8 Å². The van der Waals surface area contributed by atoms with Gasteiger partial charge in [0.15, 0.2) is 0 Å². The van der Waals surface area contributed by atoms with Gasteiger partial charge in [-0.05, 0) is 56.7 Å². The number of amides is 2. The molecule has 0 fully saturated rings. The number of para-hydroxylation sites is 1. The van der Waals surface area contributed by atoms with Gasteiger partial charge in [-0.2, -0.15) is 5.26 Å². The molecule has 0 aromatic heterocycles. The Morgan fingerprint density at radius 3 is 2.33 bits per heavy atom. The Morgan fingerprint density at radius 2 is 1.69 bits per heavy atom. The fourth-order valence-corrected chi connectivity index (χ4v) is 3.81. The Balaban J connectivity index is 2.03. The molecule has 0 aliphatic carbocycles. The quantitative estimate of drug-likeness (QED) is 0.171. The van der Waals surface area contributed by atoms with Crippen LogP contribution in [0.4, 0.5) is 11.4 Å². The number of benzene rings is 3. The van der Waals surface area contributed by atoms with Crippen molar-refractivity contribution >= 4 is 47.0 Å². The molecule has 3 rings (SSSR count). The summed E-state index contributed by atoms with van der Waals surface area (Å²) in [6, 6.07) is 20.2. The van der Waals surface area contributed by atoms with Crippen molar-refractivity contribution in [1.29, 1.82) is 5.26 Å². The van der Waals surface area contributed by atoms with Crippen LogP contribution in [0.15, 0.2) is 72.8 Å². The van der Waals surface area contributed by atoms with E-state index in [0.717, 1.165) is 5.01 Å². The van der Waals surface area contributed by atoms with Crippen molar-refractivity contribution < 1.29 is 23.9 Å². The Kier molecular flexibility index (Phi) is 9.42. The average Bonchev–Trinajstić information content (AvgIpc) is 2.90. The number of aldehydes is 1. The lowest BCUT2D eigenvalue weighted by molar-refractivity contribution is -0.141. The van der Waals surface area contributed by atoms with E-state index in [1.165, 1.54) is 30.3 Å². The van der Waals surface area contributed by atoms with Crippen LogP contribution < -0.4 is 10.7 Å². The highest BCUT2D eigenvalue weighted by Crippen LogP contribution is 2.24. The topological polar surface area (TPSA) is 129 Å². The molecule has 3 aromatic carbocycles. The van der Waals surface area contributed by atoms with Crippen molar-refractivity contribution in [3.63, 3.8) is 0 Å². The number of esters is 1. The lowest BCUT2D eigenvalue weighted by atomic mass is 10.0. The number of nitriles is 1. The molecule has 0 aliphatic rings. The van der Waals surface area contributed by atoms with E-state index in [1.807, 2.05) is 6.07 Å². The molecule has 0 spiro atoms. The first-order valence-electron chi connectivity index (χ1n) is 11.9. The maximum absolute atomic E-state index is 13.7. The third-order valence-corrected chi connectivity index (χ3v) is 5.61. The molecule has 3 aromatic rings. The number of nitrogens with zero attached hydrogens (tertiary/aromatic N) is 2. The number of hydrazine groups is 1. The Morgan fingerprint density at radius 1 is 1.03 bits per heavy atom. The molecule has 200 valence electrons. The van der Waals surface area contributed by atoms with E-state index >= 15 is 0 Å². The number of ether oxygens (including phenoxy) is 1. The number of halogens is 1. The SMILES string of the molecule is CC(C)(C)OC(=O)c1ccccc1NC(=O)C(Cc1ccccc1)N(Nc1cc(Cl)ccc1C#N)C(=O)C=O. The number of hydrogen-bond donors (Lipinski definition) is 2. The predicted molar refractivity (Wildman–Crippen MR) is 147 cm³/mol. The third-order valence-electron chi connectivity index (χ3n) is 5.37. The third kappa shape index (κ3) is 7.90. The van der Waals surface area contributed by atoms with Gasteiger partial charge in [0, 0.05) is 11.4 Å². The zero-order valence-corrected chi connectivity index (χ0v) is 22.4. The van der Waals surface area contributed by atoms with Gasteiger partial charge in [-0.25, -0.2) is 9.80 Å². The molecule has 1 unspecified atom stereocenters. The van der Waals surface area contributed by atoms with E-state index in [4.69, 9.17) is 16.3 Å². The van der Waals surface area contributed by atoms with Crippen molar-refractivity contribution in [3.8, 4) is 6.07 Å². The van der Waals surface area contributed by atoms with Gasteiger partial charge in [0.2, 0.25) is 12.2 Å². The lowest BCUT2D eigenvalue weighted by Crippen LogP contribution is -2.52. The molecule has 9 nitrogen and oxygen atoms in total. The van der Waals surface area contributed by atoms with Crippen molar-refractivity contribution in [2.75, 3.05) is 10.7 Å². The van der Waals surface area contributed by atoms with Crippen LogP contribution in [-0.4, -0.2) is 40.7 Å². The summed E-state index contributed by atoms with van der Waals surface area (Å²) in [7, 11) is 0. The second-order valence-electron chi connectivity index (χ2n) is 9.48. The zero-order chi connectivity index (χ0) is 28.6. The predicted octanol–water partition coefficient (Wildman–Crippen LogP) is 4.77. The molecule has 0 saturated heterocycles. The minimum absolute atomic E-state index is 0.00366. The molecule has 10 heteroatoms. The van der Waals surface area contributed by atoms with E-state index in [0.29, 0.717) is 5.56 Å². The molecular weight excluding hydrogens is 520 g/mol. The highest BCUT2D eigenvalue weighted by Gasteiger charge is 2.32. The average molecular weight is 547 g/mol. The van der Waals surface area contributed by atoms with E-state index in [1.54, 1.807) is 63.2 Å². The summed E-state index contributed by atoms with van der Waals surface area (Å²) in [6.07, 6.45) is 0.0554. The first-order chi connectivity index (χ1) is 18.5. The summed E-state index contributed by atoms with van der Waals surface area (Å²) in [6.45, 7) is 5.17. The highest BCUT2D eigenvalue weighted by atomic mass is 35.5. The molecule has 2 N–H and O–H groups in total. The normalized spacial score (nSPS) is 11.5. The Hall–Kier alpha value is -4.68. The highest BCUT2D eigenvalue weighted by molar-refractivity contribution is 6.31. The van der Waals surface area contributed by atoms with Crippen molar-refractivity contribution in [2.45, 2.75) is 38.8 Å². The smallest absolute Gasteiger partial charge is 0.340 e. The van der Waals surface area contributed by atoms with E-state index in [2.05, 4.69) is 10.7 Å². The zero-order valence-electron chi connectivity index (χ0n) is 21.6. The van der Waals surface area contributed by atoms with Crippen LogP contribution in [0.5, 0.6) is 0 Å². The molecule has 39 heavy (non-hydrogen) atoms. The molecule has 0 saturated carbocycles.